The predicted molar refractivity (Wildman–Crippen MR) is 68.5 cm³/mol. The lowest BCUT2D eigenvalue weighted by atomic mass is 9.91. The van der Waals surface area contributed by atoms with Crippen LogP contribution in [0.15, 0.2) is 18.3 Å². The van der Waals surface area contributed by atoms with Crippen LogP contribution < -0.4 is 0 Å². The number of pyridine rings is 1. The van der Waals surface area contributed by atoms with E-state index in [9.17, 15) is 13.2 Å². The Morgan fingerprint density at radius 3 is 2.37 bits per heavy atom. The average Bonchev–Trinajstić information content (AvgIpc) is 2.65. The molecule has 2 nitrogen and oxygen atoms in total. The van der Waals surface area contributed by atoms with E-state index in [0.29, 0.717) is 11.4 Å². The summed E-state index contributed by atoms with van der Waals surface area (Å²) >= 11 is 5.88. The lowest BCUT2D eigenvalue weighted by Crippen LogP contribution is -2.14. The first kappa shape index (κ1) is 14.2. The summed E-state index contributed by atoms with van der Waals surface area (Å²) in [6, 6.07) is 2.40. The van der Waals surface area contributed by atoms with E-state index < -0.39 is 11.7 Å². The minimum absolute atomic E-state index is 0.0874. The van der Waals surface area contributed by atoms with Gasteiger partial charge in [-0.05, 0) is 12.1 Å². The first-order valence-corrected chi connectivity index (χ1v) is 6.33. The second-order valence-electron chi connectivity index (χ2n) is 5.40. The molecule has 0 aliphatic carbocycles. The maximum absolute atomic E-state index is 13.0. The lowest BCUT2D eigenvalue weighted by Gasteiger charge is -2.16. The highest BCUT2D eigenvalue weighted by atomic mass is 35.5. The Bertz CT molecular complexity index is 609. The summed E-state index contributed by atoms with van der Waals surface area (Å²) < 4.78 is 40.3. The number of aromatic nitrogens is 2. The fourth-order valence-corrected chi connectivity index (χ4v) is 2.32. The zero-order valence-corrected chi connectivity index (χ0v) is 11.6. The fourth-order valence-electron chi connectivity index (χ4n) is 2.07. The van der Waals surface area contributed by atoms with Gasteiger partial charge in [0.05, 0.1) is 22.8 Å². The summed E-state index contributed by atoms with van der Waals surface area (Å²) in [6.07, 6.45) is -2.86. The van der Waals surface area contributed by atoms with Crippen LogP contribution >= 0.6 is 11.6 Å². The molecule has 0 saturated heterocycles. The maximum atomic E-state index is 13.0. The summed E-state index contributed by atoms with van der Waals surface area (Å²) in [5.74, 6) is 0.120. The molecule has 2 aromatic rings. The Balaban J connectivity index is 2.83. The van der Waals surface area contributed by atoms with Gasteiger partial charge in [-0.25, -0.2) is 4.98 Å². The molecule has 0 aliphatic heterocycles. The van der Waals surface area contributed by atoms with Gasteiger partial charge in [-0.2, -0.15) is 13.2 Å². The molecule has 0 radical (unpaired) electrons. The highest BCUT2D eigenvalue weighted by Gasteiger charge is 2.35. The van der Waals surface area contributed by atoms with Crippen molar-refractivity contribution in [2.45, 2.75) is 38.2 Å². The van der Waals surface area contributed by atoms with Gasteiger partial charge in [0.1, 0.15) is 5.65 Å². The van der Waals surface area contributed by atoms with E-state index in [4.69, 9.17) is 11.6 Å². The van der Waals surface area contributed by atoms with E-state index in [1.165, 1.54) is 10.5 Å². The van der Waals surface area contributed by atoms with Crippen LogP contribution in [-0.2, 0) is 17.5 Å². The van der Waals surface area contributed by atoms with Crippen LogP contribution in [0.5, 0.6) is 0 Å². The molecule has 0 N–H and O–H groups in total. The molecule has 2 aromatic heterocycles. The van der Waals surface area contributed by atoms with Crippen molar-refractivity contribution in [2.24, 2.45) is 0 Å². The number of rotatable bonds is 1. The Labute approximate surface area is 114 Å². The van der Waals surface area contributed by atoms with E-state index in [-0.39, 0.29) is 16.9 Å². The first-order valence-electron chi connectivity index (χ1n) is 5.80. The van der Waals surface area contributed by atoms with E-state index in [1.54, 1.807) is 6.20 Å². The zero-order valence-electron chi connectivity index (χ0n) is 10.8. The van der Waals surface area contributed by atoms with Crippen LogP contribution in [0.1, 0.15) is 37.7 Å². The monoisotopic (exact) mass is 290 g/mol. The zero-order chi connectivity index (χ0) is 14.4. The molecule has 0 aliphatic rings. The third-order valence-corrected chi connectivity index (χ3v) is 3.14. The summed E-state index contributed by atoms with van der Waals surface area (Å²) in [7, 11) is 0. The van der Waals surface area contributed by atoms with Gasteiger partial charge in [0.15, 0.2) is 0 Å². The quantitative estimate of drug-likeness (QED) is 0.712. The number of halogens is 4. The summed E-state index contributed by atoms with van der Waals surface area (Å²) in [4.78, 5) is 4.18. The number of hydrogen-bond acceptors (Lipinski definition) is 1. The van der Waals surface area contributed by atoms with Gasteiger partial charge in [0, 0.05) is 11.6 Å². The molecule has 2 heterocycles. The molecule has 0 fully saturated rings. The van der Waals surface area contributed by atoms with Crippen molar-refractivity contribution in [3.8, 4) is 0 Å². The van der Waals surface area contributed by atoms with Gasteiger partial charge in [-0.3, -0.25) is 0 Å². The van der Waals surface area contributed by atoms with Gasteiger partial charge in [0.25, 0.3) is 0 Å². The van der Waals surface area contributed by atoms with Gasteiger partial charge >= 0.3 is 6.18 Å². The minimum Gasteiger partial charge on any atom is -0.302 e. The second kappa shape index (κ2) is 4.40. The number of nitrogens with zero attached hydrogens (tertiary/aromatic N) is 2. The van der Waals surface area contributed by atoms with Crippen LogP contribution in [0.3, 0.4) is 0 Å². The molecular formula is C13H14ClF3N2. The number of hydrogen-bond donors (Lipinski definition) is 0. The van der Waals surface area contributed by atoms with E-state index in [0.717, 1.165) is 6.07 Å². The lowest BCUT2D eigenvalue weighted by molar-refractivity contribution is -0.136. The largest absolute Gasteiger partial charge is 0.419 e. The van der Waals surface area contributed by atoms with Crippen LogP contribution in [0.2, 0.25) is 0 Å². The summed E-state index contributed by atoms with van der Waals surface area (Å²) in [5, 5.41) is 0. The number of imidazole rings is 1. The van der Waals surface area contributed by atoms with Crippen molar-refractivity contribution >= 4 is 17.2 Å². The Morgan fingerprint density at radius 2 is 1.89 bits per heavy atom. The summed E-state index contributed by atoms with van der Waals surface area (Å²) in [5.41, 5.74) is 0.0148. The van der Waals surface area contributed by atoms with Crippen molar-refractivity contribution < 1.29 is 13.2 Å². The second-order valence-corrected chi connectivity index (χ2v) is 5.67. The first-order chi connectivity index (χ1) is 8.66. The molecule has 0 aromatic carbocycles. The highest BCUT2D eigenvalue weighted by molar-refractivity contribution is 6.17. The minimum atomic E-state index is -4.42. The van der Waals surface area contributed by atoms with Crippen molar-refractivity contribution in [1.29, 1.82) is 0 Å². The number of fused-ring (bicyclic) bond motifs is 1. The van der Waals surface area contributed by atoms with Crippen molar-refractivity contribution in [3.63, 3.8) is 0 Å². The van der Waals surface area contributed by atoms with Gasteiger partial charge < -0.3 is 4.40 Å². The maximum Gasteiger partial charge on any atom is 0.419 e. The van der Waals surface area contributed by atoms with E-state index in [2.05, 4.69) is 4.98 Å². The van der Waals surface area contributed by atoms with Crippen molar-refractivity contribution in [3.05, 3.63) is 35.3 Å². The summed E-state index contributed by atoms with van der Waals surface area (Å²) in [6.45, 7) is 5.70. The van der Waals surface area contributed by atoms with E-state index >= 15 is 0 Å². The normalized spacial score (nSPS) is 13.2. The third-order valence-electron chi connectivity index (χ3n) is 2.89. The van der Waals surface area contributed by atoms with Crippen molar-refractivity contribution in [2.75, 3.05) is 0 Å². The van der Waals surface area contributed by atoms with Crippen LogP contribution in [0.25, 0.3) is 5.65 Å². The molecule has 0 bridgehead atoms. The average molecular weight is 291 g/mol. The molecule has 0 spiro atoms. The van der Waals surface area contributed by atoms with Gasteiger partial charge in [-0.15, -0.1) is 11.6 Å². The molecule has 0 unspecified atom stereocenters. The molecule has 0 saturated carbocycles. The molecule has 104 valence electrons. The Kier molecular flexibility index (Phi) is 3.29. The van der Waals surface area contributed by atoms with E-state index in [1.807, 2.05) is 20.8 Å². The smallest absolute Gasteiger partial charge is 0.302 e. The molecule has 19 heavy (non-hydrogen) atoms. The van der Waals surface area contributed by atoms with Crippen LogP contribution in [-0.4, -0.2) is 9.38 Å². The third kappa shape index (κ3) is 2.43. The molecule has 0 atom stereocenters. The highest BCUT2D eigenvalue weighted by Crippen LogP contribution is 2.35. The van der Waals surface area contributed by atoms with Crippen LogP contribution in [0, 0.1) is 0 Å². The Morgan fingerprint density at radius 1 is 1.26 bits per heavy atom. The van der Waals surface area contributed by atoms with Gasteiger partial charge in [0.2, 0.25) is 0 Å². The molecular weight excluding hydrogens is 277 g/mol. The number of alkyl halides is 4. The standard InChI is InChI=1S/C13H14ClF3N2/c1-12(2,3)10-9(7-14)19-6-4-5-8(11(19)18-10)13(15,16)17/h4-6H,7H2,1-3H3. The van der Waals surface area contributed by atoms with Gasteiger partial charge in [-0.1, -0.05) is 20.8 Å². The molecule has 0 amide bonds. The Hall–Kier alpha value is -1.23. The van der Waals surface area contributed by atoms with Crippen LogP contribution in [0.4, 0.5) is 13.2 Å². The predicted octanol–water partition coefficient (Wildman–Crippen LogP) is 4.39. The molecule has 2 rings (SSSR count). The SMILES string of the molecule is CC(C)(C)c1nc2c(C(F)(F)F)cccn2c1CCl. The van der Waals surface area contributed by atoms with Crippen molar-refractivity contribution in [1.82, 2.24) is 9.38 Å². The topological polar surface area (TPSA) is 17.3 Å². The fraction of sp³-hybridized carbons (Fsp3) is 0.462. The molecule has 6 heteroatoms.